The summed E-state index contributed by atoms with van der Waals surface area (Å²) >= 11 is 0. The predicted octanol–water partition coefficient (Wildman–Crippen LogP) is 1.76. The first-order chi connectivity index (χ1) is 10.6. The van der Waals surface area contributed by atoms with E-state index in [0.29, 0.717) is 25.1 Å². The number of halogens is 1. The molecule has 0 N–H and O–H groups in total. The fourth-order valence-electron chi connectivity index (χ4n) is 3.54. The number of carbonyl (C=O) groups is 2. The van der Waals surface area contributed by atoms with Crippen LogP contribution in [0.2, 0.25) is 0 Å². The third kappa shape index (κ3) is 2.63. The maximum atomic E-state index is 13.2. The Morgan fingerprint density at radius 2 is 2.23 bits per heavy atom. The third-order valence-electron chi connectivity index (χ3n) is 4.51. The van der Waals surface area contributed by atoms with Crippen molar-refractivity contribution < 1.29 is 14.0 Å². The molecular formula is C17H19FN2O2. The van der Waals surface area contributed by atoms with Crippen molar-refractivity contribution >= 4 is 11.8 Å². The number of rotatable bonds is 4. The summed E-state index contributed by atoms with van der Waals surface area (Å²) in [4.78, 5) is 28.1. The van der Waals surface area contributed by atoms with Gasteiger partial charge in [0.25, 0.3) is 0 Å². The van der Waals surface area contributed by atoms with E-state index in [-0.39, 0.29) is 36.1 Å². The maximum absolute atomic E-state index is 13.2. The summed E-state index contributed by atoms with van der Waals surface area (Å²) in [5.41, 5.74) is 0.667. The molecule has 0 unspecified atom stereocenters. The van der Waals surface area contributed by atoms with Crippen molar-refractivity contribution in [2.24, 2.45) is 0 Å². The Morgan fingerprint density at radius 3 is 2.95 bits per heavy atom. The summed E-state index contributed by atoms with van der Waals surface area (Å²) in [6.45, 7) is 4.87. The van der Waals surface area contributed by atoms with Gasteiger partial charge in [-0.25, -0.2) is 4.39 Å². The molecule has 2 saturated heterocycles. The first kappa shape index (κ1) is 14.8. The molecule has 2 aliphatic heterocycles. The molecule has 2 heterocycles. The van der Waals surface area contributed by atoms with Gasteiger partial charge in [-0.05, 0) is 24.1 Å². The van der Waals surface area contributed by atoms with E-state index in [0.717, 1.165) is 6.42 Å². The Labute approximate surface area is 129 Å². The lowest BCUT2D eigenvalue weighted by Crippen LogP contribution is -2.40. The third-order valence-corrected chi connectivity index (χ3v) is 4.51. The van der Waals surface area contributed by atoms with Gasteiger partial charge >= 0.3 is 0 Å². The van der Waals surface area contributed by atoms with Crippen molar-refractivity contribution in [3.05, 3.63) is 48.3 Å². The minimum absolute atomic E-state index is 0.0358. The minimum atomic E-state index is -0.335. The highest BCUT2D eigenvalue weighted by Gasteiger charge is 2.47. The van der Waals surface area contributed by atoms with E-state index in [1.807, 2.05) is 4.90 Å². The quantitative estimate of drug-likeness (QED) is 0.795. The molecule has 2 atom stereocenters. The second-order valence-electron chi connectivity index (χ2n) is 5.86. The molecule has 4 nitrogen and oxygen atoms in total. The molecule has 0 spiro atoms. The number of benzene rings is 1. The van der Waals surface area contributed by atoms with Gasteiger partial charge < -0.3 is 9.80 Å². The summed E-state index contributed by atoms with van der Waals surface area (Å²) < 4.78 is 13.2. The van der Waals surface area contributed by atoms with Gasteiger partial charge in [0.05, 0.1) is 18.5 Å². The van der Waals surface area contributed by atoms with Crippen molar-refractivity contribution in [1.29, 1.82) is 0 Å². The van der Waals surface area contributed by atoms with Gasteiger partial charge in [0.15, 0.2) is 0 Å². The smallest absolute Gasteiger partial charge is 0.227 e. The lowest BCUT2D eigenvalue weighted by Gasteiger charge is -2.24. The summed E-state index contributed by atoms with van der Waals surface area (Å²) in [5.74, 6) is -0.290. The van der Waals surface area contributed by atoms with Crippen LogP contribution in [-0.4, -0.2) is 46.8 Å². The second kappa shape index (κ2) is 5.91. The number of nitrogens with zero attached hydrogens (tertiary/aromatic N) is 2. The zero-order chi connectivity index (χ0) is 15.7. The van der Waals surface area contributed by atoms with Gasteiger partial charge in [-0.1, -0.05) is 18.2 Å². The predicted molar refractivity (Wildman–Crippen MR) is 80.5 cm³/mol. The van der Waals surface area contributed by atoms with Crippen LogP contribution in [0, 0.1) is 5.82 Å². The molecule has 2 fully saturated rings. The van der Waals surface area contributed by atoms with E-state index >= 15 is 0 Å². The van der Waals surface area contributed by atoms with Gasteiger partial charge in [0, 0.05) is 19.5 Å². The van der Waals surface area contributed by atoms with Gasteiger partial charge in [-0.3, -0.25) is 9.59 Å². The monoisotopic (exact) mass is 302 g/mol. The fourth-order valence-corrected chi connectivity index (χ4v) is 3.54. The molecule has 0 aliphatic carbocycles. The number of amides is 2. The molecule has 1 aromatic rings. The number of fused-ring (bicyclic) bond motifs is 1. The fraction of sp³-hybridized carbons (Fsp3) is 0.412. The molecule has 116 valence electrons. The van der Waals surface area contributed by atoms with Crippen LogP contribution in [-0.2, 0) is 16.0 Å². The van der Waals surface area contributed by atoms with Crippen LogP contribution < -0.4 is 0 Å². The van der Waals surface area contributed by atoms with E-state index in [4.69, 9.17) is 0 Å². The van der Waals surface area contributed by atoms with Crippen molar-refractivity contribution in [2.45, 2.75) is 31.3 Å². The van der Waals surface area contributed by atoms with Gasteiger partial charge in [-0.2, -0.15) is 0 Å². The number of likely N-dealkylation sites (tertiary alicyclic amines) is 2. The van der Waals surface area contributed by atoms with Crippen molar-refractivity contribution in [3.8, 4) is 0 Å². The normalized spacial score (nSPS) is 23.8. The minimum Gasteiger partial charge on any atom is -0.337 e. The van der Waals surface area contributed by atoms with Crippen molar-refractivity contribution in [1.82, 2.24) is 9.80 Å². The van der Waals surface area contributed by atoms with Crippen molar-refractivity contribution in [2.75, 3.05) is 13.1 Å². The van der Waals surface area contributed by atoms with Crippen LogP contribution in [0.3, 0.4) is 0 Å². The standard InChI is InChI=1S/C17H19FN2O2/c1-2-7-19-14-6-8-20(15(14)11-17(19)22)16(21)10-12-4-3-5-13(18)9-12/h2-5,9,14-15H,1,6-8,10-11H2/t14-,15+/m1/s1. The average Bonchev–Trinajstić information content (AvgIpc) is 3.00. The molecule has 1 aromatic carbocycles. The molecule has 2 amide bonds. The topological polar surface area (TPSA) is 40.6 Å². The van der Waals surface area contributed by atoms with Crippen LogP contribution in [0.1, 0.15) is 18.4 Å². The highest BCUT2D eigenvalue weighted by atomic mass is 19.1. The van der Waals surface area contributed by atoms with E-state index in [9.17, 15) is 14.0 Å². The van der Waals surface area contributed by atoms with E-state index in [2.05, 4.69) is 6.58 Å². The summed E-state index contributed by atoms with van der Waals surface area (Å²) in [6.07, 6.45) is 3.08. The molecule has 0 aromatic heterocycles. The molecule has 0 radical (unpaired) electrons. The van der Waals surface area contributed by atoms with E-state index < -0.39 is 0 Å². The molecule has 3 rings (SSSR count). The molecule has 22 heavy (non-hydrogen) atoms. The highest BCUT2D eigenvalue weighted by molar-refractivity contribution is 5.84. The number of hydrogen-bond donors (Lipinski definition) is 0. The molecule has 5 heteroatoms. The molecule has 2 aliphatic rings. The van der Waals surface area contributed by atoms with E-state index in [1.54, 1.807) is 23.1 Å². The summed E-state index contributed by atoms with van der Waals surface area (Å²) in [7, 11) is 0. The number of carbonyl (C=O) groups excluding carboxylic acids is 2. The first-order valence-electron chi connectivity index (χ1n) is 7.54. The lowest BCUT2D eigenvalue weighted by molar-refractivity contribution is -0.131. The zero-order valence-electron chi connectivity index (χ0n) is 12.4. The van der Waals surface area contributed by atoms with E-state index in [1.165, 1.54) is 12.1 Å². The van der Waals surface area contributed by atoms with Crippen LogP contribution in [0.4, 0.5) is 4.39 Å². The lowest BCUT2D eigenvalue weighted by atomic mass is 10.1. The molecule has 0 bridgehead atoms. The number of hydrogen-bond acceptors (Lipinski definition) is 2. The zero-order valence-corrected chi connectivity index (χ0v) is 12.4. The van der Waals surface area contributed by atoms with Crippen molar-refractivity contribution in [3.63, 3.8) is 0 Å². The summed E-state index contributed by atoms with van der Waals surface area (Å²) in [6, 6.07) is 6.15. The van der Waals surface area contributed by atoms with Crippen LogP contribution in [0.15, 0.2) is 36.9 Å². The van der Waals surface area contributed by atoms with Crippen LogP contribution in [0.5, 0.6) is 0 Å². The van der Waals surface area contributed by atoms with Gasteiger partial charge in [0.2, 0.25) is 11.8 Å². The first-order valence-corrected chi connectivity index (χ1v) is 7.54. The maximum Gasteiger partial charge on any atom is 0.227 e. The SMILES string of the molecule is C=CCN1C(=O)C[C@H]2[C@H]1CCN2C(=O)Cc1cccc(F)c1. The van der Waals surface area contributed by atoms with Gasteiger partial charge in [0.1, 0.15) is 5.82 Å². The Morgan fingerprint density at radius 1 is 1.41 bits per heavy atom. The Hall–Kier alpha value is -2.17. The van der Waals surface area contributed by atoms with Crippen LogP contribution in [0.25, 0.3) is 0 Å². The second-order valence-corrected chi connectivity index (χ2v) is 5.86. The Balaban J connectivity index is 1.70. The largest absolute Gasteiger partial charge is 0.337 e. The molecule has 0 saturated carbocycles. The van der Waals surface area contributed by atoms with Gasteiger partial charge in [-0.15, -0.1) is 6.58 Å². The Kier molecular flexibility index (Phi) is 3.96. The Bertz CT molecular complexity index is 616. The summed E-state index contributed by atoms with van der Waals surface area (Å²) in [5, 5.41) is 0. The average molecular weight is 302 g/mol. The highest BCUT2D eigenvalue weighted by Crippen LogP contribution is 2.32. The van der Waals surface area contributed by atoms with Crippen LogP contribution >= 0.6 is 0 Å². The molecular weight excluding hydrogens is 283 g/mol.